The van der Waals surface area contributed by atoms with Crippen LogP contribution in [0.15, 0.2) is 36.8 Å². The number of fused-ring (bicyclic) bond motifs is 1. The Bertz CT molecular complexity index is 707. The molecule has 0 radical (unpaired) electrons. The molecule has 3 atom stereocenters. The second-order valence-corrected chi connectivity index (χ2v) is 7.15. The fourth-order valence-corrected chi connectivity index (χ4v) is 4.43. The minimum absolute atomic E-state index is 0.166. The zero-order valence-electron chi connectivity index (χ0n) is 14.4. The van der Waals surface area contributed by atoms with Crippen molar-refractivity contribution in [2.75, 3.05) is 20.1 Å². The van der Waals surface area contributed by atoms with Gasteiger partial charge in [-0.25, -0.2) is 0 Å². The molecule has 4 rings (SSSR count). The predicted octanol–water partition coefficient (Wildman–Crippen LogP) is 1.46. The first-order valence-electron chi connectivity index (χ1n) is 8.73. The minimum Gasteiger partial charge on any atom is -0.347 e. The van der Waals surface area contributed by atoms with Gasteiger partial charge in [-0.3, -0.25) is 14.4 Å². The van der Waals surface area contributed by atoms with Crippen LogP contribution in [0.1, 0.15) is 23.3 Å². The molecule has 2 fully saturated rings. The Morgan fingerprint density at radius 1 is 1.29 bits per heavy atom. The third-order valence-corrected chi connectivity index (χ3v) is 5.77. The zero-order valence-corrected chi connectivity index (χ0v) is 14.4. The van der Waals surface area contributed by atoms with Crippen LogP contribution in [0.4, 0.5) is 0 Å². The van der Waals surface area contributed by atoms with Gasteiger partial charge in [0.2, 0.25) is 0 Å². The molecule has 0 N–H and O–H groups in total. The monoisotopic (exact) mass is 327 g/mol. The summed E-state index contributed by atoms with van der Waals surface area (Å²) in [4.78, 5) is 17.3. The summed E-state index contributed by atoms with van der Waals surface area (Å²) in [5.41, 5.74) is 0.785. The summed E-state index contributed by atoms with van der Waals surface area (Å²) >= 11 is 0. The molecule has 2 aliphatic heterocycles. The molecule has 2 aromatic heterocycles. The van der Waals surface area contributed by atoms with Crippen molar-refractivity contribution >= 4 is 5.91 Å². The Morgan fingerprint density at radius 3 is 2.88 bits per heavy atom. The van der Waals surface area contributed by atoms with Crippen molar-refractivity contribution in [2.45, 2.75) is 31.5 Å². The normalized spacial score (nSPS) is 27.4. The van der Waals surface area contributed by atoms with E-state index in [1.807, 2.05) is 58.0 Å². The van der Waals surface area contributed by atoms with Crippen LogP contribution in [-0.4, -0.2) is 62.3 Å². The molecule has 0 unspecified atom stereocenters. The van der Waals surface area contributed by atoms with Crippen LogP contribution in [0.2, 0.25) is 0 Å². The second kappa shape index (κ2) is 6.09. The fraction of sp³-hybridized carbons (Fsp3) is 0.556. The van der Waals surface area contributed by atoms with E-state index in [4.69, 9.17) is 0 Å². The van der Waals surface area contributed by atoms with Crippen LogP contribution in [-0.2, 0) is 13.6 Å². The van der Waals surface area contributed by atoms with Crippen molar-refractivity contribution in [3.05, 3.63) is 42.5 Å². The van der Waals surface area contributed by atoms with Crippen molar-refractivity contribution < 1.29 is 4.79 Å². The molecule has 0 aromatic carbocycles. The summed E-state index contributed by atoms with van der Waals surface area (Å²) in [6.45, 7) is 2.65. The number of likely N-dealkylation sites (N-methyl/N-ethyl adjacent to an activating group) is 1. The second-order valence-electron chi connectivity index (χ2n) is 7.15. The molecule has 0 saturated carbocycles. The fourth-order valence-electron chi connectivity index (χ4n) is 4.43. The lowest BCUT2D eigenvalue weighted by Crippen LogP contribution is -2.48. The predicted molar refractivity (Wildman–Crippen MR) is 91.6 cm³/mol. The van der Waals surface area contributed by atoms with E-state index in [0.717, 1.165) is 38.2 Å². The average Bonchev–Trinajstić information content (AvgIpc) is 3.29. The molecule has 2 saturated heterocycles. The summed E-state index contributed by atoms with van der Waals surface area (Å²) in [6, 6.07) is 6.91. The first-order valence-corrected chi connectivity index (χ1v) is 8.73. The molecule has 6 heteroatoms. The lowest BCUT2D eigenvalue weighted by Gasteiger charge is -2.37. The molecule has 6 nitrogen and oxygen atoms in total. The molecule has 2 aliphatic rings. The first kappa shape index (κ1) is 15.4. The third-order valence-electron chi connectivity index (χ3n) is 5.77. The van der Waals surface area contributed by atoms with E-state index in [1.165, 1.54) is 0 Å². The van der Waals surface area contributed by atoms with E-state index in [-0.39, 0.29) is 5.91 Å². The van der Waals surface area contributed by atoms with Crippen LogP contribution in [0.3, 0.4) is 0 Å². The number of hydrogen-bond donors (Lipinski definition) is 0. The summed E-state index contributed by atoms with van der Waals surface area (Å²) in [7, 11) is 4.16. The lowest BCUT2D eigenvalue weighted by molar-refractivity contribution is 0.0598. The van der Waals surface area contributed by atoms with Gasteiger partial charge in [-0.05, 0) is 44.0 Å². The van der Waals surface area contributed by atoms with Crippen molar-refractivity contribution in [3.8, 4) is 0 Å². The maximum Gasteiger partial charge on any atom is 0.270 e. The Balaban J connectivity index is 1.44. The van der Waals surface area contributed by atoms with E-state index >= 15 is 0 Å². The maximum absolute atomic E-state index is 12.8. The highest BCUT2D eigenvalue weighted by Crippen LogP contribution is 2.35. The third kappa shape index (κ3) is 2.65. The largest absolute Gasteiger partial charge is 0.347 e. The van der Waals surface area contributed by atoms with Gasteiger partial charge in [0.15, 0.2) is 0 Å². The smallest absolute Gasteiger partial charge is 0.270 e. The van der Waals surface area contributed by atoms with Crippen molar-refractivity contribution in [2.24, 2.45) is 13.0 Å². The molecular formula is C18H25N5O. The van der Waals surface area contributed by atoms with Gasteiger partial charge >= 0.3 is 0 Å². The standard InChI is InChI=1S/C18H25N5O/c1-20-8-3-5-17(20)18(24)22-10-6-16-14(12-22)11-15(21(16)2)13-23-9-4-7-19-23/h3-5,7-9,14-16H,6,10-13H2,1-2H3/t14-,15+,16+/m0/s1. The number of carbonyl (C=O) groups excluding carboxylic acids is 1. The van der Waals surface area contributed by atoms with Gasteiger partial charge in [0, 0.05) is 50.8 Å². The number of amides is 1. The van der Waals surface area contributed by atoms with E-state index < -0.39 is 0 Å². The highest BCUT2D eigenvalue weighted by molar-refractivity contribution is 5.92. The Hall–Kier alpha value is -2.08. The van der Waals surface area contributed by atoms with Crippen LogP contribution in [0, 0.1) is 5.92 Å². The average molecular weight is 327 g/mol. The van der Waals surface area contributed by atoms with Gasteiger partial charge < -0.3 is 9.47 Å². The van der Waals surface area contributed by atoms with Crippen LogP contribution >= 0.6 is 0 Å². The van der Waals surface area contributed by atoms with Gasteiger partial charge in [0.25, 0.3) is 5.91 Å². The highest BCUT2D eigenvalue weighted by Gasteiger charge is 2.43. The summed E-state index contributed by atoms with van der Waals surface area (Å²) in [6.07, 6.45) is 8.00. The molecule has 1 amide bonds. The van der Waals surface area contributed by atoms with Crippen molar-refractivity contribution in [1.29, 1.82) is 0 Å². The topological polar surface area (TPSA) is 46.3 Å². The van der Waals surface area contributed by atoms with Gasteiger partial charge in [-0.15, -0.1) is 0 Å². The molecule has 4 heterocycles. The summed E-state index contributed by atoms with van der Waals surface area (Å²) < 4.78 is 3.93. The van der Waals surface area contributed by atoms with Crippen molar-refractivity contribution in [3.63, 3.8) is 0 Å². The number of aryl methyl sites for hydroxylation is 1. The van der Waals surface area contributed by atoms with Crippen molar-refractivity contribution in [1.82, 2.24) is 24.1 Å². The molecule has 24 heavy (non-hydrogen) atoms. The van der Waals surface area contributed by atoms with Crippen LogP contribution in [0.25, 0.3) is 0 Å². The quantitative estimate of drug-likeness (QED) is 0.857. The molecule has 0 bridgehead atoms. The minimum atomic E-state index is 0.166. The summed E-state index contributed by atoms with van der Waals surface area (Å²) in [5.74, 6) is 0.729. The number of aromatic nitrogens is 3. The zero-order chi connectivity index (χ0) is 16.7. The van der Waals surface area contributed by atoms with E-state index in [9.17, 15) is 4.79 Å². The van der Waals surface area contributed by atoms with Gasteiger partial charge in [0.05, 0.1) is 6.54 Å². The number of piperidine rings is 1. The number of nitrogens with zero attached hydrogens (tertiary/aromatic N) is 5. The van der Waals surface area contributed by atoms with Gasteiger partial charge in [-0.1, -0.05) is 0 Å². The summed E-state index contributed by atoms with van der Waals surface area (Å²) in [5, 5.41) is 4.34. The number of rotatable bonds is 3. The van der Waals surface area contributed by atoms with E-state index in [0.29, 0.717) is 18.0 Å². The highest BCUT2D eigenvalue weighted by atomic mass is 16.2. The number of carbonyl (C=O) groups is 1. The molecular weight excluding hydrogens is 302 g/mol. The van der Waals surface area contributed by atoms with E-state index in [1.54, 1.807) is 0 Å². The first-order chi connectivity index (χ1) is 11.6. The van der Waals surface area contributed by atoms with Gasteiger partial charge in [0.1, 0.15) is 5.69 Å². The molecule has 0 aliphatic carbocycles. The Morgan fingerprint density at radius 2 is 2.17 bits per heavy atom. The SMILES string of the molecule is CN1[C@@H](Cn2cccn2)C[C@H]2CN(C(=O)c3cccn3C)CC[C@H]21. The number of hydrogen-bond acceptors (Lipinski definition) is 3. The van der Waals surface area contributed by atoms with Gasteiger partial charge in [-0.2, -0.15) is 5.10 Å². The maximum atomic E-state index is 12.8. The Kier molecular flexibility index (Phi) is 3.92. The molecule has 2 aromatic rings. The lowest BCUT2D eigenvalue weighted by atomic mass is 9.92. The number of likely N-dealkylation sites (tertiary alicyclic amines) is 2. The molecule has 128 valence electrons. The van der Waals surface area contributed by atoms with Crippen LogP contribution in [0.5, 0.6) is 0 Å². The van der Waals surface area contributed by atoms with Crippen LogP contribution < -0.4 is 0 Å². The van der Waals surface area contributed by atoms with E-state index in [2.05, 4.69) is 17.0 Å². The Labute approximate surface area is 142 Å². The molecule has 0 spiro atoms.